The highest BCUT2D eigenvalue weighted by molar-refractivity contribution is 4.68. The third-order valence-corrected chi connectivity index (χ3v) is 3.28. The zero-order chi connectivity index (χ0) is 10.8. The van der Waals surface area contributed by atoms with Crippen LogP contribution in [0.2, 0.25) is 0 Å². The summed E-state index contributed by atoms with van der Waals surface area (Å²) in [4.78, 5) is 0. The molecule has 2 unspecified atom stereocenters. The molecule has 2 nitrogen and oxygen atoms in total. The lowest BCUT2D eigenvalue weighted by Gasteiger charge is -2.24. The SMILES string of the molecule is CCC(CCN)C(CC)CCCCN. The summed E-state index contributed by atoms with van der Waals surface area (Å²) >= 11 is 0. The Morgan fingerprint density at radius 3 is 1.79 bits per heavy atom. The maximum absolute atomic E-state index is 5.63. The summed E-state index contributed by atoms with van der Waals surface area (Å²) in [7, 11) is 0. The molecule has 0 amide bonds. The van der Waals surface area contributed by atoms with Crippen molar-refractivity contribution in [2.45, 2.75) is 52.4 Å². The fourth-order valence-corrected chi connectivity index (χ4v) is 2.31. The van der Waals surface area contributed by atoms with Crippen LogP contribution in [0, 0.1) is 11.8 Å². The van der Waals surface area contributed by atoms with Crippen molar-refractivity contribution in [2.75, 3.05) is 13.1 Å². The van der Waals surface area contributed by atoms with E-state index in [0.717, 1.165) is 24.9 Å². The number of unbranched alkanes of at least 4 members (excludes halogenated alkanes) is 1. The third-order valence-electron chi connectivity index (χ3n) is 3.28. The normalized spacial score (nSPS) is 15.4. The lowest BCUT2D eigenvalue weighted by atomic mass is 9.82. The van der Waals surface area contributed by atoms with Crippen LogP contribution < -0.4 is 11.5 Å². The molecule has 2 heteroatoms. The lowest BCUT2D eigenvalue weighted by molar-refractivity contribution is 0.275. The van der Waals surface area contributed by atoms with Gasteiger partial charge in [-0.2, -0.15) is 0 Å². The highest BCUT2D eigenvalue weighted by Crippen LogP contribution is 2.26. The van der Waals surface area contributed by atoms with Crippen molar-refractivity contribution in [3.05, 3.63) is 0 Å². The first-order valence-electron chi connectivity index (χ1n) is 6.20. The molecule has 0 aliphatic heterocycles. The average Bonchev–Trinajstić information content (AvgIpc) is 2.22. The standard InChI is InChI=1S/C12H28N2/c1-3-11(7-5-6-9-13)12(4-2)8-10-14/h11-12H,3-10,13-14H2,1-2H3. The second kappa shape index (κ2) is 9.47. The Bertz CT molecular complexity index is 115. The Morgan fingerprint density at radius 2 is 1.36 bits per heavy atom. The van der Waals surface area contributed by atoms with Gasteiger partial charge in [0.1, 0.15) is 0 Å². The molecule has 0 aromatic carbocycles. The number of rotatable bonds is 9. The predicted octanol–water partition coefficient (Wildman–Crippen LogP) is 2.52. The van der Waals surface area contributed by atoms with Crippen molar-refractivity contribution in [1.82, 2.24) is 0 Å². The van der Waals surface area contributed by atoms with Gasteiger partial charge in [0, 0.05) is 0 Å². The first-order valence-corrected chi connectivity index (χ1v) is 6.20. The van der Waals surface area contributed by atoms with Gasteiger partial charge in [-0.1, -0.05) is 39.5 Å². The van der Waals surface area contributed by atoms with E-state index in [1.165, 1.54) is 38.5 Å². The highest BCUT2D eigenvalue weighted by atomic mass is 14.5. The van der Waals surface area contributed by atoms with Crippen molar-refractivity contribution in [1.29, 1.82) is 0 Å². The first-order chi connectivity index (χ1) is 6.79. The van der Waals surface area contributed by atoms with Crippen LogP contribution in [0.3, 0.4) is 0 Å². The van der Waals surface area contributed by atoms with E-state index in [-0.39, 0.29) is 0 Å². The predicted molar refractivity (Wildman–Crippen MR) is 64.1 cm³/mol. The molecule has 0 rings (SSSR count). The summed E-state index contributed by atoms with van der Waals surface area (Å²) in [5.41, 5.74) is 11.1. The molecule has 0 saturated carbocycles. The fraction of sp³-hybridized carbons (Fsp3) is 1.00. The monoisotopic (exact) mass is 200 g/mol. The van der Waals surface area contributed by atoms with E-state index < -0.39 is 0 Å². The Morgan fingerprint density at radius 1 is 0.786 bits per heavy atom. The minimum Gasteiger partial charge on any atom is -0.330 e. The van der Waals surface area contributed by atoms with Gasteiger partial charge in [0.2, 0.25) is 0 Å². The Balaban J connectivity index is 3.81. The molecule has 0 spiro atoms. The lowest BCUT2D eigenvalue weighted by Crippen LogP contribution is -2.18. The van der Waals surface area contributed by atoms with E-state index in [1.54, 1.807) is 0 Å². The van der Waals surface area contributed by atoms with E-state index in [0.29, 0.717) is 0 Å². The molecule has 2 atom stereocenters. The molecule has 0 aromatic heterocycles. The van der Waals surface area contributed by atoms with Crippen molar-refractivity contribution in [3.63, 3.8) is 0 Å². The largest absolute Gasteiger partial charge is 0.330 e. The zero-order valence-electron chi connectivity index (χ0n) is 9.97. The molecule has 0 aliphatic rings. The van der Waals surface area contributed by atoms with Crippen LogP contribution >= 0.6 is 0 Å². The van der Waals surface area contributed by atoms with Crippen LogP contribution in [0.25, 0.3) is 0 Å². The fourth-order valence-electron chi connectivity index (χ4n) is 2.31. The van der Waals surface area contributed by atoms with E-state index in [9.17, 15) is 0 Å². The summed E-state index contributed by atoms with van der Waals surface area (Å²) in [6, 6.07) is 0. The Labute approximate surface area is 89.4 Å². The van der Waals surface area contributed by atoms with Gasteiger partial charge in [0.15, 0.2) is 0 Å². The van der Waals surface area contributed by atoms with Gasteiger partial charge in [-0.25, -0.2) is 0 Å². The third kappa shape index (κ3) is 5.61. The van der Waals surface area contributed by atoms with Crippen molar-refractivity contribution >= 4 is 0 Å². The second-order valence-electron chi connectivity index (χ2n) is 4.20. The van der Waals surface area contributed by atoms with Gasteiger partial charge in [-0.3, -0.25) is 0 Å². The molecule has 0 aliphatic carbocycles. The average molecular weight is 200 g/mol. The second-order valence-corrected chi connectivity index (χ2v) is 4.20. The van der Waals surface area contributed by atoms with Gasteiger partial charge in [0.05, 0.1) is 0 Å². The van der Waals surface area contributed by atoms with E-state index in [4.69, 9.17) is 11.5 Å². The summed E-state index contributed by atoms with van der Waals surface area (Å²) in [6.45, 7) is 6.26. The van der Waals surface area contributed by atoms with E-state index >= 15 is 0 Å². The van der Waals surface area contributed by atoms with Crippen molar-refractivity contribution in [3.8, 4) is 0 Å². The zero-order valence-corrected chi connectivity index (χ0v) is 9.97. The van der Waals surface area contributed by atoms with Crippen molar-refractivity contribution < 1.29 is 0 Å². The summed E-state index contributed by atoms with van der Waals surface area (Å²) in [6.07, 6.45) is 7.57. The van der Waals surface area contributed by atoms with Crippen LogP contribution in [0.1, 0.15) is 52.4 Å². The highest BCUT2D eigenvalue weighted by Gasteiger charge is 2.16. The summed E-state index contributed by atoms with van der Waals surface area (Å²) in [5.74, 6) is 1.71. The molecule has 0 bridgehead atoms. The van der Waals surface area contributed by atoms with Gasteiger partial charge < -0.3 is 11.5 Å². The summed E-state index contributed by atoms with van der Waals surface area (Å²) < 4.78 is 0. The molecule has 0 aromatic rings. The molecule has 0 radical (unpaired) electrons. The van der Waals surface area contributed by atoms with E-state index in [1.807, 2.05) is 0 Å². The number of hydrogen-bond donors (Lipinski definition) is 2. The molecule has 0 saturated heterocycles. The van der Waals surface area contributed by atoms with Crippen LogP contribution in [0.5, 0.6) is 0 Å². The molecule has 0 fully saturated rings. The Hall–Kier alpha value is -0.0800. The molecular weight excluding hydrogens is 172 g/mol. The van der Waals surface area contributed by atoms with Crippen LogP contribution in [0.4, 0.5) is 0 Å². The number of hydrogen-bond acceptors (Lipinski definition) is 2. The smallest absolute Gasteiger partial charge is 0.00745 e. The summed E-state index contributed by atoms with van der Waals surface area (Å²) in [5, 5.41) is 0. The Kier molecular flexibility index (Phi) is 9.42. The van der Waals surface area contributed by atoms with Crippen LogP contribution in [0.15, 0.2) is 0 Å². The molecule has 14 heavy (non-hydrogen) atoms. The first kappa shape index (κ1) is 13.9. The maximum Gasteiger partial charge on any atom is -0.00745 e. The minimum absolute atomic E-state index is 0.836. The van der Waals surface area contributed by atoms with Crippen LogP contribution in [-0.2, 0) is 0 Å². The molecule has 86 valence electrons. The van der Waals surface area contributed by atoms with Gasteiger partial charge >= 0.3 is 0 Å². The molecular formula is C12H28N2. The van der Waals surface area contributed by atoms with Gasteiger partial charge in [-0.05, 0) is 37.8 Å². The molecule has 4 N–H and O–H groups in total. The molecule has 0 heterocycles. The van der Waals surface area contributed by atoms with E-state index in [2.05, 4.69) is 13.8 Å². The van der Waals surface area contributed by atoms with Crippen molar-refractivity contribution in [2.24, 2.45) is 23.3 Å². The quantitative estimate of drug-likeness (QED) is 0.562. The van der Waals surface area contributed by atoms with Gasteiger partial charge in [0.25, 0.3) is 0 Å². The topological polar surface area (TPSA) is 52.0 Å². The number of nitrogens with two attached hydrogens (primary N) is 2. The maximum atomic E-state index is 5.63. The minimum atomic E-state index is 0.836. The van der Waals surface area contributed by atoms with Crippen LogP contribution in [-0.4, -0.2) is 13.1 Å². The van der Waals surface area contributed by atoms with Gasteiger partial charge in [-0.15, -0.1) is 0 Å².